The third kappa shape index (κ3) is 6.08. The molecular weight excluding hydrogens is 510 g/mol. The molecule has 7 N–H and O–H groups in total. The molecule has 13 heteroatoms. The summed E-state index contributed by atoms with van der Waals surface area (Å²) in [4.78, 5) is 19.8. The standard InChI is InChI=1S/C23H36ClN5O6S/c1-11(24)15(21-18(31)17(30)19(32)23(35-21)36-2)28-22(33)16-20-13(8-27-16)10-29(5-6-34-20)9-12-3-4-14(25)26-7-12/h3-4,7,11,13,15-21,23,27,30-32H,5-6,8-10H2,1-2H3,(H2,25,26)(H,28,33)/t11-,13+,15+,16-,17?,18?,19?,20+,21?,23?/m0/s1. The van der Waals surface area contributed by atoms with Crippen LogP contribution in [0, 0.1) is 5.92 Å². The maximum Gasteiger partial charge on any atom is 0.240 e. The van der Waals surface area contributed by atoms with Gasteiger partial charge in [-0.25, -0.2) is 4.98 Å². The van der Waals surface area contributed by atoms with Gasteiger partial charge in [0.25, 0.3) is 0 Å². The second-order valence-corrected chi connectivity index (χ2v) is 11.3. The summed E-state index contributed by atoms with van der Waals surface area (Å²) in [5, 5.41) is 36.7. The predicted molar refractivity (Wildman–Crippen MR) is 136 cm³/mol. The molecule has 3 aliphatic heterocycles. The van der Waals surface area contributed by atoms with Crippen LogP contribution < -0.4 is 16.4 Å². The van der Waals surface area contributed by atoms with Crippen LogP contribution in [-0.4, -0.2) is 117 Å². The Balaban J connectivity index is 1.40. The number of nitrogens with zero attached hydrogens (tertiary/aromatic N) is 2. The van der Waals surface area contributed by atoms with Crippen molar-refractivity contribution in [2.75, 3.05) is 38.2 Å². The van der Waals surface area contributed by atoms with Gasteiger partial charge in [-0.15, -0.1) is 23.4 Å². The minimum Gasteiger partial charge on any atom is -0.388 e. The van der Waals surface area contributed by atoms with Crippen molar-refractivity contribution in [1.82, 2.24) is 20.5 Å². The third-order valence-electron chi connectivity index (χ3n) is 7.14. The van der Waals surface area contributed by atoms with Crippen LogP contribution in [0.4, 0.5) is 5.82 Å². The van der Waals surface area contributed by atoms with Crippen molar-refractivity contribution < 1.29 is 29.6 Å². The fourth-order valence-corrected chi connectivity index (χ4v) is 6.06. The highest BCUT2D eigenvalue weighted by molar-refractivity contribution is 7.99. The molecule has 0 aliphatic carbocycles. The summed E-state index contributed by atoms with van der Waals surface area (Å²) in [5.41, 5.74) is 5.99. The Bertz CT molecular complexity index is 883. The highest BCUT2D eigenvalue weighted by Gasteiger charge is 2.49. The van der Waals surface area contributed by atoms with Crippen molar-refractivity contribution in [3.05, 3.63) is 23.9 Å². The lowest BCUT2D eigenvalue weighted by Gasteiger charge is -2.44. The minimum atomic E-state index is -1.42. The first-order valence-corrected chi connectivity index (χ1v) is 13.9. The third-order valence-corrected chi connectivity index (χ3v) is 8.26. The van der Waals surface area contributed by atoms with E-state index in [1.165, 1.54) is 11.8 Å². The van der Waals surface area contributed by atoms with Crippen LogP contribution in [0.5, 0.6) is 0 Å². The number of aromatic nitrogens is 1. The molecule has 1 aromatic heterocycles. The number of hydrogen-bond donors (Lipinski definition) is 6. The number of pyridine rings is 1. The summed E-state index contributed by atoms with van der Waals surface area (Å²) in [6.07, 6.45) is -1.90. The second kappa shape index (κ2) is 12.1. The van der Waals surface area contributed by atoms with E-state index in [0.717, 1.165) is 18.7 Å². The largest absolute Gasteiger partial charge is 0.388 e. The Morgan fingerprint density at radius 3 is 2.81 bits per heavy atom. The van der Waals surface area contributed by atoms with E-state index in [9.17, 15) is 20.1 Å². The Kier molecular flexibility index (Phi) is 9.34. The highest BCUT2D eigenvalue weighted by atomic mass is 35.5. The fourth-order valence-electron chi connectivity index (χ4n) is 5.18. The number of ether oxygens (including phenoxy) is 2. The van der Waals surface area contributed by atoms with Crippen molar-refractivity contribution in [1.29, 1.82) is 0 Å². The average Bonchev–Trinajstić information content (AvgIpc) is 3.14. The van der Waals surface area contributed by atoms with Crippen molar-refractivity contribution in [3.63, 3.8) is 0 Å². The van der Waals surface area contributed by atoms with Gasteiger partial charge in [-0.1, -0.05) is 6.07 Å². The second-order valence-electron chi connectivity index (χ2n) is 9.70. The van der Waals surface area contributed by atoms with Gasteiger partial charge in [0.2, 0.25) is 5.91 Å². The summed E-state index contributed by atoms with van der Waals surface area (Å²) in [6, 6.07) is 2.35. The van der Waals surface area contributed by atoms with E-state index in [2.05, 4.69) is 20.5 Å². The number of aliphatic hydroxyl groups excluding tert-OH is 3. The van der Waals surface area contributed by atoms with Crippen LogP contribution in [0.3, 0.4) is 0 Å². The number of rotatable bonds is 7. The maximum absolute atomic E-state index is 13.4. The molecule has 10 atom stereocenters. The minimum absolute atomic E-state index is 0.103. The number of alkyl halides is 1. The molecule has 0 radical (unpaired) electrons. The van der Waals surface area contributed by atoms with Gasteiger partial charge in [-0.05, 0) is 24.8 Å². The van der Waals surface area contributed by atoms with E-state index in [1.807, 2.05) is 6.07 Å². The molecule has 0 aromatic carbocycles. The van der Waals surface area contributed by atoms with Crippen LogP contribution in [-0.2, 0) is 20.8 Å². The molecule has 4 heterocycles. The van der Waals surface area contributed by atoms with Crippen molar-refractivity contribution >= 4 is 35.1 Å². The summed E-state index contributed by atoms with van der Waals surface area (Å²) in [5.74, 6) is 0.275. The van der Waals surface area contributed by atoms with Crippen molar-refractivity contribution in [2.45, 2.75) is 66.9 Å². The Hall–Kier alpha value is -1.22. The van der Waals surface area contributed by atoms with E-state index in [0.29, 0.717) is 25.5 Å². The molecule has 0 saturated carbocycles. The number of anilines is 1. The number of nitrogens with two attached hydrogens (primary N) is 1. The first-order chi connectivity index (χ1) is 17.2. The number of halogens is 1. The van der Waals surface area contributed by atoms with Crippen LogP contribution in [0.15, 0.2) is 18.3 Å². The molecule has 1 aromatic rings. The van der Waals surface area contributed by atoms with Crippen LogP contribution in [0.2, 0.25) is 0 Å². The zero-order valence-electron chi connectivity index (χ0n) is 20.4. The summed E-state index contributed by atoms with van der Waals surface area (Å²) in [7, 11) is 0. The van der Waals surface area contributed by atoms with E-state index in [4.69, 9.17) is 26.8 Å². The lowest BCUT2D eigenvalue weighted by Crippen LogP contribution is -2.65. The quantitative estimate of drug-likeness (QED) is 0.227. The summed E-state index contributed by atoms with van der Waals surface area (Å²) in [6.45, 7) is 4.97. The van der Waals surface area contributed by atoms with Gasteiger partial charge in [-0.2, -0.15) is 0 Å². The molecule has 4 rings (SSSR count). The number of amides is 1. The molecule has 11 nitrogen and oxygen atoms in total. The number of nitrogens with one attached hydrogen (secondary N) is 2. The SMILES string of the molecule is CSC1OC([C@H](NC(=O)[C@H]2NC[C@@H]3CN(Cc4ccc(N)nc4)CCO[C@H]32)[C@H](C)Cl)C(O)C(O)C1O. The van der Waals surface area contributed by atoms with E-state index in [-0.39, 0.29) is 17.9 Å². The number of carbonyl (C=O) groups excluding carboxylic acids is 1. The van der Waals surface area contributed by atoms with Crippen LogP contribution >= 0.6 is 23.4 Å². The van der Waals surface area contributed by atoms with Gasteiger partial charge in [0.05, 0.1) is 24.1 Å². The lowest BCUT2D eigenvalue weighted by molar-refractivity contribution is -0.205. The molecular formula is C23H36ClN5O6S. The number of carbonyl (C=O) groups is 1. The normalized spacial score (nSPS) is 37.1. The molecule has 1 amide bonds. The van der Waals surface area contributed by atoms with Gasteiger partial charge < -0.3 is 41.2 Å². The number of nitrogen functional groups attached to an aromatic ring is 1. The highest BCUT2D eigenvalue weighted by Crippen LogP contribution is 2.31. The Labute approximate surface area is 220 Å². The fraction of sp³-hybridized carbons (Fsp3) is 0.739. The average molecular weight is 546 g/mol. The first-order valence-electron chi connectivity index (χ1n) is 12.1. The predicted octanol–water partition coefficient (Wildman–Crippen LogP) is -1.26. The van der Waals surface area contributed by atoms with E-state index >= 15 is 0 Å². The molecule has 202 valence electrons. The van der Waals surface area contributed by atoms with Crippen LogP contribution in [0.25, 0.3) is 0 Å². The summed E-state index contributed by atoms with van der Waals surface area (Å²) < 4.78 is 12.0. The molecule has 3 aliphatic rings. The van der Waals surface area contributed by atoms with Crippen molar-refractivity contribution in [3.8, 4) is 0 Å². The molecule has 3 fully saturated rings. The van der Waals surface area contributed by atoms with Gasteiger partial charge >= 0.3 is 0 Å². The number of aliphatic hydroxyl groups is 3. The smallest absolute Gasteiger partial charge is 0.240 e. The Morgan fingerprint density at radius 1 is 1.36 bits per heavy atom. The van der Waals surface area contributed by atoms with E-state index in [1.54, 1.807) is 25.4 Å². The monoisotopic (exact) mass is 545 g/mol. The zero-order chi connectivity index (χ0) is 26.0. The van der Waals surface area contributed by atoms with E-state index < -0.39 is 47.3 Å². The maximum atomic E-state index is 13.4. The van der Waals surface area contributed by atoms with Crippen molar-refractivity contribution in [2.24, 2.45) is 5.92 Å². The molecule has 0 spiro atoms. The Morgan fingerprint density at radius 2 is 2.14 bits per heavy atom. The summed E-state index contributed by atoms with van der Waals surface area (Å²) >= 11 is 7.62. The first kappa shape index (κ1) is 27.8. The van der Waals surface area contributed by atoms with Gasteiger partial charge in [0.15, 0.2) is 0 Å². The topological polar surface area (TPSA) is 162 Å². The van der Waals surface area contributed by atoms with Gasteiger partial charge in [0.1, 0.15) is 41.7 Å². The van der Waals surface area contributed by atoms with Gasteiger partial charge in [0, 0.05) is 38.3 Å². The van der Waals surface area contributed by atoms with Crippen LogP contribution in [0.1, 0.15) is 12.5 Å². The zero-order valence-corrected chi connectivity index (χ0v) is 21.9. The molecule has 5 unspecified atom stereocenters. The molecule has 3 saturated heterocycles. The lowest BCUT2D eigenvalue weighted by atomic mass is 9.92. The number of hydrogen-bond acceptors (Lipinski definition) is 11. The van der Waals surface area contributed by atoms with Gasteiger partial charge in [-0.3, -0.25) is 9.69 Å². The number of thioether (sulfide) groups is 1. The molecule has 0 bridgehead atoms. The number of fused-ring (bicyclic) bond motifs is 1. The molecule has 36 heavy (non-hydrogen) atoms.